The van der Waals surface area contributed by atoms with Crippen LogP contribution in [0, 0.1) is 0 Å². The zero-order chi connectivity index (χ0) is 13.2. The van der Waals surface area contributed by atoms with E-state index in [1.54, 1.807) is 0 Å². The molecule has 0 amide bonds. The van der Waals surface area contributed by atoms with Crippen LogP contribution < -0.4 is 11.2 Å². The zero-order valence-corrected chi connectivity index (χ0v) is 11.3. The molecule has 0 spiro atoms. The molecule has 1 rings (SSSR count). The number of aromatic nitrogens is 2. The first-order valence-electron chi connectivity index (χ1n) is 5.56. The first kappa shape index (κ1) is 14.0. The van der Waals surface area contributed by atoms with E-state index in [9.17, 15) is 9.59 Å². The molecule has 0 aliphatic rings. The van der Waals surface area contributed by atoms with Gasteiger partial charge < -0.3 is 4.90 Å². The summed E-state index contributed by atoms with van der Waals surface area (Å²) in [5.41, 5.74) is -0.293. The summed E-state index contributed by atoms with van der Waals surface area (Å²) in [7, 11) is 3.79. The third-order valence-corrected chi connectivity index (χ3v) is 2.92. The monoisotopic (exact) mass is 259 g/mol. The van der Waals surface area contributed by atoms with Crippen LogP contribution in [0.4, 0.5) is 0 Å². The van der Waals surface area contributed by atoms with Gasteiger partial charge >= 0.3 is 5.69 Å². The van der Waals surface area contributed by atoms with Crippen LogP contribution >= 0.6 is 11.6 Å². The Balaban J connectivity index is 3.34. The minimum atomic E-state index is -0.452. The van der Waals surface area contributed by atoms with Gasteiger partial charge in [0.05, 0.1) is 11.6 Å². The van der Waals surface area contributed by atoms with Gasteiger partial charge in [0.2, 0.25) is 0 Å². The maximum absolute atomic E-state index is 12.1. The van der Waals surface area contributed by atoms with Gasteiger partial charge in [-0.1, -0.05) is 18.5 Å². The fourth-order valence-electron chi connectivity index (χ4n) is 1.88. The van der Waals surface area contributed by atoms with E-state index < -0.39 is 5.69 Å². The Morgan fingerprint density at radius 3 is 2.47 bits per heavy atom. The van der Waals surface area contributed by atoms with E-state index >= 15 is 0 Å². The lowest BCUT2D eigenvalue weighted by molar-refractivity contribution is 0.326. The SMILES string of the molecule is CCc1c(Cl)[nH]c(=O)n(C(C)CN(C)C)c1=O. The average Bonchev–Trinajstić information content (AvgIpc) is 2.15. The lowest BCUT2D eigenvalue weighted by Crippen LogP contribution is -2.42. The first-order chi connectivity index (χ1) is 7.88. The quantitative estimate of drug-likeness (QED) is 0.817. The van der Waals surface area contributed by atoms with Crippen LogP contribution in [0.1, 0.15) is 25.5 Å². The second kappa shape index (κ2) is 5.51. The molecule has 96 valence electrons. The van der Waals surface area contributed by atoms with Crippen molar-refractivity contribution in [2.45, 2.75) is 26.3 Å². The molecule has 0 aromatic carbocycles. The van der Waals surface area contributed by atoms with Gasteiger partial charge in [0.1, 0.15) is 5.15 Å². The van der Waals surface area contributed by atoms with E-state index in [-0.39, 0.29) is 16.8 Å². The number of rotatable bonds is 4. The molecule has 1 atom stereocenters. The summed E-state index contributed by atoms with van der Waals surface area (Å²) in [4.78, 5) is 28.3. The summed E-state index contributed by atoms with van der Waals surface area (Å²) in [6.45, 7) is 4.29. The van der Waals surface area contributed by atoms with Crippen molar-refractivity contribution < 1.29 is 0 Å². The number of halogens is 1. The number of likely N-dealkylation sites (N-methyl/N-ethyl adjacent to an activating group) is 1. The molecule has 6 heteroatoms. The molecule has 1 heterocycles. The normalized spacial score (nSPS) is 13.1. The van der Waals surface area contributed by atoms with Gasteiger partial charge in [-0.3, -0.25) is 14.3 Å². The number of hydrogen-bond donors (Lipinski definition) is 1. The van der Waals surface area contributed by atoms with E-state index in [0.717, 1.165) is 0 Å². The molecule has 0 saturated heterocycles. The molecule has 0 aliphatic heterocycles. The highest BCUT2D eigenvalue weighted by Crippen LogP contribution is 2.08. The summed E-state index contributed by atoms with van der Waals surface area (Å²) in [5, 5.41) is 0.149. The van der Waals surface area contributed by atoms with Crippen molar-refractivity contribution in [2.75, 3.05) is 20.6 Å². The van der Waals surface area contributed by atoms with E-state index in [1.165, 1.54) is 4.57 Å². The summed E-state index contributed by atoms with van der Waals surface area (Å²) >= 11 is 5.84. The van der Waals surface area contributed by atoms with E-state index in [1.807, 2.05) is 32.8 Å². The van der Waals surface area contributed by atoms with Gasteiger partial charge in [-0.2, -0.15) is 0 Å². The van der Waals surface area contributed by atoms with Gasteiger partial charge in [0, 0.05) is 6.54 Å². The third-order valence-electron chi connectivity index (χ3n) is 2.60. The largest absolute Gasteiger partial charge is 0.329 e. The fraction of sp³-hybridized carbons (Fsp3) is 0.636. The Labute approximate surface area is 105 Å². The topological polar surface area (TPSA) is 58.1 Å². The molecule has 1 aromatic heterocycles. The summed E-state index contributed by atoms with van der Waals surface area (Å²) in [5.74, 6) is 0. The third kappa shape index (κ3) is 2.98. The van der Waals surface area contributed by atoms with Crippen molar-refractivity contribution in [2.24, 2.45) is 0 Å². The maximum atomic E-state index is 12.1. The average molecular weight is 260 g/mol. The molecule has 0 fully saturated rings. The van der Waals surface area contributed by atoms with Crippen molar-refractivity contribution in [1.29, 1.82) is 0 Å². The van der Waals surface area contributed by atoms with Gasteiger partial charge in [-0.15, -0.1) is 0 Å². The molecular weight excluding hydrogens is 242 g/mol. The van der Waals surface area contributed by atoms with Crippen LogP contribution in [0.2, 0.25) is 5.15 Å². The van der Waals surface area contributed by atoms with E-state index in [0.29, 0.717) is 18.5 Å². The van der Waals surface area contributed by atoms with Crippen molar-refractivity contribution in [3.05, 3.63) is 31.6 Å². The van der Waals surface area contributed by atoms with Crippen molar-refractivity contribution >= 4 is 11.6 Å². The Hall–Kier alpha value is -1.07. The molecule has 1 N–H and O–H groups in total. The van der Waals surface area contributed by atoms with Gasteiger partial charge in [-0.25, -0.2) is 4.79 Å². The Morgan fingerprint density at radius 2 is 2.00 bits per heavy atom. The molecule has 5 nitrogen and oxygen atoms in total. The van der Waals surface area contributed by atoms with Gasteiger partial charge in [0.15, 0.2) is 0 Å². The van der Waals surface area contributed by atoms with Crippen LogP contribution in [0.15, 0.2) is 9.59 Å². The number of H-pyrrole nitrogens is 1. The van der Waals surface area contributed by atoms with Crippen molar-refractivity contribution in [3.8, 4) is 0 Å². The molecule has 1 unspecified atom stereocenters. The Kier molecular flexibility index (Phi) is 4.54. The highest BCUT2D eigenvalue weighted by molar-refractivity contribution is 6.30. The Bertz CT molecular complexity index is 504. The van der Waals surface area contributed by atoms with Crippen LogP contribution in [-0.4, -0.2) is 35.1 Å². The maximum Gasteiger partial charge on any atom is 0.329 e. The Morgan fingerprint density at radius 1 is 1.41 bits per heavy atom. The predicted molar refractivity (Wildman–Crippen MR) is 69.0 cm³/mol. The molecule has 0 radical (unpaired) electrons. The van der Waals surface area contributed by atoms with Gasteiger partial charge in [0.25, 0.3) is 5.56 Å². The zero-order valence-electron chi connectivity index (χ0n) is 10.6. The predicted octanol–water partition coefficient (Wildman–Crippen LogP) is 0.875. The van der Waals surface area contributed by atoms with Gasteiger partial charge in [-0.05, 0) is 27.4 Å². The second-order valence-electron chi connectivity index (χ2n) is 4.36. The number of aromatic amines is 1. The second-order valence-corrected chi connectivity index (χ2v) is 4.74. The van der Waals surface area contributed by atoms with Crippen LogP contribution in [0.3, 0.4) is 0 Å². The fourth-order valence-corrected chi connectivity index (χ4v) is 2.17. The minimum Gasteiger partial charge on any atom is -0.307 e. The highest BCUT2D eigenvalue weighted by Gasteiger charge is 2.16. The molecule has 0 saturated carbocycles. The summed E-state index contributed by atoms with van der Waals surface area (Å²) in [6, 6.07) is -0.191. The lowest BCUT2D eigenvalue weighted by Gasteiger charge is -2.19. The lowest BCUT2D eigenvalue weighted by atomic mass is 10.2. The number of nitrogens with zero attached hydrogens (tertiary/aromatic N) is 2. The van der Waals surface area contributed by atoms with Crippen LogP contribution in [0.25, 0.3) is 0 Å². The molecule has 0 aliphatic carbocycles. The summed E-state index contributed by atoms with van der Waals surface area (Å²) in [6.07, 6.45) is 0.503. The first-order valence-corrected chi connectivity index (χ1v) is 5.94. The van der Waals surface area contributed by atoms with E-state index in [2.05, 4.69) is 4.98 Å². The van der Waals surface area contributed by atoms with Crippen LogP contribution in [0.5, 0.6) is 0 Å². The molecule has 0 bridgehead atoms. The highest BCUT2D eigenvalue weighted by atomic mass is 35.5. The van der Waals surface area contributed by atoms with Crippen molar-refractivity contribution in [3.63, 3.8) is 0 Å². The van der Waals surface area contributed by atoms with E-state index in [4.69, 9.17) is 11.6 Å². The van der Waals surface area contributed by atoms with Crippen molar-refractivity contribution in [1.82, 2.24) is 14.5 Å². The molecular formula is C11H18ClN3O2. The molecule has 17 heavy (non-hydrogen) atoms. The standard InChI is InChI=1S/C11H18ClN3O2/c1-5-8-9(12)13-11(17)15(10(8)16)7(2)6-14(3)4/h7H,5-6H2,1-4H3,(H,13,17). The number of nitrogens with one attached hydrogen (secondary N) is 1. The van der Waals surface area contributed by atoms with Crippen LogP contribution in [-0.2, 0) is 6.42 Å². The molecule has 1 aromatic rings. The smallest absolute Gasteiger partial charge is 0.307 e. The number of hydrogen-bond acceptors (Lipinski definition) is 3. The minimum absolute atomic E-state index is 0.149. The summed E-state index contributed by atoms with van der Waals surface area (Å²) < 4.78 is 1.23.